The minimum Gasteiger partial charge on any atom is -0.327 e. The number of hydrogen-bond donors (Lipinski definition) is 1. The number of fused-ring (bicyclic) bond motifs is 3. The summed E-state index contributed by atoms with van der Waals surface area (Å²) in [7, 11) is 2.24. The fourth-order valence-corrected chi connectivity index (χ4v) is 4.93. The first-order valence-corrected chi connectivity index (χ1v) is 10.9. The first kappa shape index (κ1) is 18.8. The zero-order chi connectivity index (χ0) is 19.8. The average molecular weight is 390 g/mol. The molecule has 0 saturated carbocycles. The SMILES string of the molecule is CN1CCC(N2CCc3nc4ccc(-c5ccc(CN)cc5)cc4n3CC2)CC1. The van der Waals surface area contributed by atoms with Gasteiger partial charge in [0.05, 0.1) is 11.0 Å². The molecule has 0 aliphatic carbocycles. The highest BCUT2D eigenvalue weighted by molar-refractivity contribution is 5.82. The third-order valence-electron chi connectivity index (χ3n) is 6.79. The minimum atomic E-state index is 0.587. The van der Waals surface area contributed by atoms with E-state index >= 15 is 0 Å². The lowest BCUT2D eigenvalue weighted by molar-refractivity contribution is 0.123. The summed E-state index contributed by atoms with van der Waals surface area (Å²) in [6.45, 7) is 6.33. The summed E-state index contributed by atoms with van der Waals surface area (Å²) in [5.41, 5.74) is 11.8. The van der Waals surface area contributed by atoms with Crippen molar-refractivity contribution in [3.63, 3.8) is 0 Å². The maximum absolute atomic E-state index is 5.74. The number of nitrogens with zero attached hydrogens (tertiary/aromatic N) is 4. The van der Waals surface area contributed by atoms with Crippen LogP contribution in [-0.2, 0) is 19.5 Å². The van der Waals surface area contributed by atoms with Crippen molar-refractivity contribution < 1.29 is 0 Å². The van der Waals surface area contributed by atoms with E-state index in [4.69, 9.17) is 10.7 Å². The largest absolute Gasteiger partial charge is 0.327 e. The molecule has 2 aliphatic rings. The molecule has 0 amide bonds. The van der Waals surface area contributed by atoms with E-state index in [0.29, 0.717) is 6.54 Å². The molecule has 0 atom stereocenters. The van der Waals surface area contributed by atoms with Crippen LogP contribution >= 0.6 is 0 Å². The van der Waals surface area contributed by atoms with Gasteiger partial charge in [-0.05, 0) is 61.8 Å². The molecular formula is C24H31N5. The fourth-order valence-electron chi connectivity index (χ4n) is 4.93. The van der Waals surface area contributed by atoms with Gasteiger partial charge in [0.1, 0.15) is 5.82 Å². The summed E-state index contributed by atoms with van der Waals surface area (Å²) in [6.07, 6.45) is 3.63. The van der Waals surface area contributed by atoms with E-state index in [1.54, 1.807) is 0 Å². The smallest absolute Gasteiger partial charge is 0.111 e. The van der Waals surface area contributed by atoms with Gasteiger partial charge in [-0.3, -0.25) is 4.90 Å². The van der Waals surface area contributed by atoms with E-state index in [9.17, 15) is 0 Å². The first-order chi connectivity index (χ1) is 14.2. The Morgan fingerprint density at radius 1 is 0.931 bits per heavy atom. The molecule has 0 bridgehead atoms. The molecule has 1 saturated heterocycles. The maximum Gasteiger partial charge on any atom is 0.111 e. The number of hydrogen-bond acceptors (Lipinski definition) is 4. The molecule has 1 aromatic heterocycles. The third kappa shape index (κ3) is 3.70. The van der Waals surface area contributed by atoms with Crippen LogP contribution in [0.2, 0.25) is 0 Å². The summed E-state index contributed by atoms with van der Waals surface area (Å²) in [6, 6.07) is 16.0. The zero-order valence-corrected chi connectivity index (χ0v) is 17.3. The summed E-state index contributed by atoms with van der Waals surface area (Å²) >= 11 is 0. The van der Waals surface area contributed by atoms with E-state index in [-0.39, 0.29) is 0 Å². The number of likely N-dealkylation sites (tertiary alicyclic amines) is 1. The second kappa shape index (κ2) is 7.90. The Hall–Kier alpha value is -2.21. The molecule has 2 aliphatic heterocycles. The van der Waals surface area contributed by atoms with Gasteiger partial charge in [0.2, 0.25) is 0 Å². The Morgan fingerprint density at radius 2 is 1.69 bits per heavy atom. The number of benzene rings is 2. The Morgan fingerprint density at radius 3 is 2.45 bits per heavy atom. The highest BCUT2D eigenvalue weighted by Gasteiger charge is 2.26. The Kier molecular flexibility index (Phi) is 5.12. The number of imidazole rings is 1. The molecule has 0 radical (unpaired) electrons. The van der Waals surface area contributed by atoms with Crippen LogP contribution in [0.1, 0.15) is 24.2 Å². The van der Waals surface area contributed by atoms with E-state index < -0.39 is 0 Å². The maximum atomic E-state index is 5.74. The topological polar surface area (TPSA) is 50.3 Å². The van der Waals surface area contributed by atoms with Crippen LogP contribution in [0.15, 0.2) is 42.5 Å². The number of piperidine rings is 1. The molecule has 29 heavy (non-hydrogen) atoms. The van der Waals surface area contributed by atoms with Crippen LogP contribution in [0.3, 0.4) is 0 Å². The van der Waals surface area contributed by atoms with Crippen LogP contribution in [0.4, 0.5) is 0 Å². The van der Waals surface area contributed by atoms with Crippen molar-refractivity contribution in [2.75, 3.05) is 33.2 Å². The fraction of sp³-hybridized carbons (Fsp3) is 0.458. The molecule has 1 fully saturated rings. The second-order valence-electron chi connectivity index (χ2n) is 8.60. The van der Waals surface area contributed by atoms with Crippen molar-refractivity contribution in [3.05, 3.63) is 53.9 Å². The average Bonchev–Trinajstić information content (AvgIpc) is 2.97. The molecule has 5 heteroatoms. The molecule has 5 rings (SSSR count). The Labute approximate surface area is 173 Å². The molecular weight excluding hydrogens is 358 g/mol. The van der Waals surface area contributed by atoms with Gasteiger partial charge in [-0.25, -0.2) is 4.98 Å². The van der Waals surface area contributed by atoms with Crippen LogP contribution in [-0.4, -0.2) is 58.6 Å². The molecule has 0 unspecified atom stereocenters. The minimum absolute atomic E-state index is 0.587. The Balaban J connectivity index is 1.40. The predicted molar refractivity (Wildman–Crippen MR) is 119 cm³/mol. The standard InChI is InChI=1S/C24H31N5/c1-27-11-8-21(9-12-27)28-13-10-24-26-22-7-6-20(16-23(22)29(24)15-14-28)19-4-2-18(17-25)3-5-19/h2-7,16,21H,8-15,17,25H2,1H3. The second-order valence-corrected chi connectivity index (χ2v) is 8.60. The predicted octanol–water partition coefficient (Wildman–Crippen LogP) is 3.11. The molecule has 152 valence electrons. The van der Waals surface area contributed by atoms with Gasteiger partial charge < -0.3 is 15.2 Å². The van der Waals surface area contributed by atoms with Crippen LogP contribution in [0, 0.1) is 0 Å². The Bertz CT molecular complexity index is 982. The number of aromatic nitrogens is 2. The van der Waals surface area contributed by atoms with E-state index in [1.807, 2.05) is 0 Å². The van der Waals surface area contributed by atoms with Crippen LogP contribution < -0.4 is 5.73 Å². The van der Waals surface area contributed by atoms with Crippen molar-refractivity contribution in [2.45, 2.75) is 38.4 Å². The molecule has 2 N–H and O–H groups in total. The lowest BCUT2D eigenvalue weighted by Crippen LogP contribution is -2.44. The zero-order valence-electron chi connectivity index (χ0n) is 17.3. The molecule has 5 nitrogen and oxygen atoms in total. The van der Waals surface area contributed by atoms with E-state index in [1.165, 1.54) is 54.0 Å². The highest BCUT2D eigenvalue weighted by atomic mass is 15.2. The molecule has 0 spiro atoms. The van der Waals surface area contributed by atoms with E-state index in [0.717, 1.165) is 37.6 Å². The number of rotatable bonds is 3. The van der Waals surface area contributed by atoms with Crippen molar-refractivity contribution in [1.29, 1.82) is 0 Å². The summed E-state index contributed by atoms with van der Waals surface area (Å²) in [5.74, 6) is 1.24. The van der Waals surface area contributed by atoms with Gasteiger partial charge in [-0.15, -0.1) is 0 Å². The van der Waals surface area contributed by atoms with E-state index in [2.05, 4.69) is 63.9 Å². The molecule has 3 aromatic rings. The molecule has 2 aromatic carbocycles. The van der Waals surface area contributed by atoms with Gasteiger partial charge in [0, 0.05) is 38.6 Å². The van der Waals surface area contributed by atoms with Crippen LogP contribution in [0.5, 0.6) is 0 Å². The van der Waals surface area contributed by atoms with Crippen LogP contribution in [0.25, 0.3) is 22.2 Å². The quantitative estimate of drug-likeness (QED) is 0.748. The summed E-state index contributed by atoms with van der Waals surface area (Å²) in [4.78, 5) is 10.1. The normalized spacial score (nSPS) is 19.4. The number of nitrogens with two attached hydrogens (primary N) is 1. The van der Waals surface area contributed by atoms with Gasteiger partial charge >= 0.3 is 0 Å². The highest BCUT2D eigenvalue weighted by Crippen LogP contribution is 2.27. The van der Waals surface area contributed by atoms with Gasteiger partial charge in [-0.1, -0.05) is 30.3 Å². The lowest BCUT2D eigenvalue weighted by atomic mass is 10.0. The van der Waals surface area contributed by atoms with Crippen molar-refractivity contribution >= 4 is 11.0 Å². The first-order valence-electron chi connectivity index (χ1n) is 10.9. The summed E-state index contributed by atoms with van der Waals surface area (Å²) < 4.78 is 2.46. The van der Waals surface area contributed by atoms with Gasteiger partial charge in [0.25, 0.3) is 0 Å². The van der Waals surface area contributed by atoms with Crippen molar-refractivity contribution in [1.82, 2.24) is 19.4 Å². The lowest BCUT2D eigenvalue weighted by Gasteiger charge is -2.36. The van der Waals surface area contributed by atoms with Gasteiger partial charge in [0.15, 0.2) is 0 Å². The third-order valence-corrected chi connectivity index (χ3v) is 6.79. The molecule has 3 heterocycles. The monoisotopic (exact) mass is 389 g/mol. The van der Waals surface area contributed by atoms with Crippen molar-refractivity contribution in [3.8, 4) is 11.1 Å². The summed E-state index contributed by atoms with van der Waals surface area (Å²) in [5, 5.41) is 0. The van der Waals surface area contributed by atoms with Gasteiger partial charge in [-0.2, -0.15) is 0 Å². The van der Waals surface area contributed by atoms with Crippen molar-refractivity contribution in [2.24, 2.45) is 5.73 Å².